The lowest BCUT2D eigenvalue weighted by atomic mass is 10.0. The number of carbonyl (C=O) groups excluding carboxylic acids is 1. The molecule has 7 rings (SSSR count). The molecule has 2 aliphatic rings. The summed E-state index contributed by atoms with van der Waals surface area (Å²) in [5.74, 6) is 0.657. The highest BCUT2D eigenvalue weighted by Gasteiger charge is 2.31. The monoisotopic (exact) mass is 533 g/mol. The summed E-state index contributed by atoms with van der Waals surface area (Å²) in [6.07, 6.45) is 5.46. The van der Waals surface area contributed by atoms with E-state index in [4.69, 9.17) is 4.99 Å². The molecular weight excluding hydrogens is 506 g/mol. The van der Waals surface area contributed by atoms with E-state index >= 15 is 0 Å². The Bertz CT molecular complexity index is 1810. The molecule has 1 saturated heterocycles. The molecule has 2 aliphatic heterocycles. The Balaban J connectivity index is 1.17. The Hall–Kier alpha value is -5.06. The van der Waals surface area contributed by atoms with E-state index in [-0.39, 0.29) is 17.8 Å². The second kappa shape index (κ2) is 9.60. The average Bonchev–Trinajstić information content (AvgIpc) is 3.50. The van der Waals surface area contributed by atoms with Gasteiger partial charge in [-0.1, -0.05) is 48.5 Å². The number of nitrogens with zero attached hydrogens (tertiary/aromatic N) is 7. The molecule has 0 spiro atoms. The number of likely N-dealkylation sites (tertiary alicyclic amines) is 1. The number of hydrogen-bond donors (Lipinski definition) is 2. The maximum atomic E-state index is 13.6. The lowest BCUT2D eigenvalue weighted by Gasteiger charge is -2.33. The van der Waals surface area contributed by atoms with E-state index in [1.807, 2.05) is 55.6 Å². The van der Waals surface area contributed by atoms with E-state index in [0.717, 1.165) is 28.2 Å². The summed E-state index contributed by atoms with van der Waals surface area (Å²) in [7, 11) is 0. The maximum Gasteiger partial charge on any atom is 0.327 e. The fraction of sp³-hybridized carbons (Fsp3) is 0.241. The number of aromatic amines is 1. The number of aromatic nitrogens is 6. The summed E-state index contributed by atoms with van der Waals surface area (Å²) >= 11 is 0. The van der Waals surface area contributed by atoms with E-state index in [1.165, 1.54) is 6.33 Å². The predicted octanol–water partition coefficient (Wildman–Crippen LogP) is 3.51. The highest BCUT2D eigenvalue weighted by Crippen LogP contribution is 2.31. The number of imidazole rings is 2. The van der Waals surface area contributed by atoms with E-state index in [2.05, 4.69) is 42.0 Å². The van der Waals surface area contributed by atoms with Crippen molar-refractivity contribution in [2.45, 2.75) is 32.0 Å². The summed E-state index contributed by atoms with van der Waals surface area (Å²) in [4.78, 5) is 48.8. The zero-order valence-electron chi connectivity index (χ0n) is 21.9. The number of para-hydroxylation sites is 1. The van der Waals surface area contributed by atoms with E-state index in [0.29, 0.717) is 42.9 Å². The number of hydrogen-bond acceptors (Lipinski definition) is 6. The molecule has 0 aliphatic carbocycles. The zero-order valence-corrected chi connectivity index (χ0v) is 21.9. The number of amides is 2. The molecule has 11 heteroatoms. The van der Waals surface area contributed by atoms with Gasteiger partial charge in [0.2, 0.25) is 0 Å². The second-order valence-electron chi connectivity index (χ2n) is 10.1. The van der Waals surface area contributed by atoms with Crippen LogP contribution >= 0.6 is 0 Å². The molecule has 1 unspecified atom stereocenters. The van der Waals surface area contributed by atoms with Gasteiger partial charge in [-0.05, 0) is 25.8 Å². The van der Waals surface area contributed by atoms with Gasteiger partial charge in [0.1, 0.15) is 11.8 Å². The average molecular weight is 534 g/mol. The number of benzene rings is 2. The molecule has 40 heavy (non-hydrogen) atoms. The number of piperidine rings is 1. The molecule has 0 bridgehead atoms. The first kappa shape index (κ1) is 24.0. The number of urea groups is 1. The molecule has 5 aromatic rings. The van der Waals surface area contributed by atoms with Gasteiger partial charge in [-0.3, -0.25) is 19.1 Å². The van der Waals surface area contributed by atoms with Gasteiger partial charge < -0.3 is 10.2 Å². The van der Waals surface area contributed by atoms with Crippen LogP contribution in [0.4, 0.5) is 4.79 Å². The Kier molecular flexibility index (Phi) is 5.76. The maximum absolute atomic E-state index is 13.6. The Morgan fingerprint density at radius 2 is 1.77 bits per heavy atom. The summed E-state index contributed by atoms with van der Waals surface area (Å²) in [6, 6.07) is 17.8. The van der Waals surface area contributed by atoms with Gasteiger partial charge in [-0.25, -0.2) is 24.5 Å². The lowest BCUT2D eigenvalue weighted by molar-refractivity contribution is 0.168. The smallest absolute Gasteiger partial charge is 0.325 e. The first-order chi connectivity index (χ1) is 19.6. The van der Waals surface area contributed by atoms with Gasteiger partial charge in [-0.2, -0.15) is 0 Å². The number of nitrogens with one attached hydrogen (secondary N) is 2. The third kappa shape index (κ3) is 3.98. The normalized spacial score (nSPS) is 17.2. The van der Waals surface area contributed by atoms with Gasteiger partial charge in [0.15, 0.2) is 17.6 Å². The number of aryl methyl sites for hydroxylation is 1. The van der Waals surface area contributed by atoms with Crippen molar-refractivity contribution in [2.75, 3.05) is 13.1 Å². The fourth-order valence-corrected chi connectivity index (χ4v) is 5.77. The van der Waals surface area contributed by atoms with Crippen molar-refractivity contribution < 1.29 is 4.79 Å². The zero-order chi connectivity index (χ0) is 27.2. The molecule has 2 amide bonds. The minimum absolute atomic E-state index is 0.0482. The fourth-order valence-electron chi connectivity index (χ4n) is 5.77. The van der Waals surface area contributed by atoms with Crippen LogP contribution in [0.1, 0.15) is 47.7 Å². The molecule has 0 saturated carbocycles. The van der Waals surface area contributed by atoms with Gasteiger partial charge in [0.05, 0.1) is 17.6 Å². The van der Waals surface area contributed by atoms with Crippen LogP contribution in [0.3, 0.4) is 0 Å². The molecule has 200 valence electrons. The van der Waals surface area contributed by atoms with Gasteiger partial charge in [0.25, 0.3) is 0 Å². The van der Waals surface area contributed by atoms with E-state index in [9.17, 15) is 9.59 Å². The summed E-state index contributed by atoms with van der Waals surface area (Å²) in [6.45, 7) is 3.00. The number of carbonyl (C=O) groups is 1. The minimum atomic E-state index is -0.685. The Morgan fingerprint density at radius 3 is 2.60 bits per heavy atom. The van der Waals surface area contributed by atoms with Crippen LogP contribution in [0.25, 0.3) is 16.9 Å². The highest BCUT2D eigenvalue weighted by atomic mass is 16.2. The van der Waals surface area contributed by atoms with Crippen molar-refractivity contribution in [1.29, 1.82) is 0 Å². The number of rotatable bonds is 3. The SMILES string of the molecule is Cc1cnc2n1-c1ccccc1C(c1ccccc1)=NC2NC(=O)N1CCC(n2c(=O)[nH]c3ncncc32)CC1. The Labute approximate surface area is 229 Å². The number of aliphatic imine (C=N–C) groups is 1. The topological polar surface area (TPSA) is 126 Å². The lowest BCUT2D eigenvalue weighted by Crippen LogP contribution is -2.46. The molecule has 2 aromatic carbocycles. The minimum Gasteiger partial charge on any atom is -0.325 e. The summed E-state index contributed by atoms with van der Waals surface area (Å²) in [5, 5.41) is 3.14. The van der Waals surface area contributed by atoms with Gasteiger partial charge >= 0.3 is 11.7 Å². The Morgan fingerprint density at radius 1 is 1.00 bits per heavy atom. The van der Waals surface area contributed by atoms with E-state index in [1.54, 1.807) is 15.7 Å². The third-order valence-electron chi connectivity index (χ3n) is 7.69. The van der Waals surface area contributed by atoms with Crippen LogP contribution in [0, 0.1) is 6.92 Å². The molecule has 2 N–H and O–H groups in total. The predicted molar refractivity (Wildman–Crippen MR) is 150 cm³/mol. The third-order valence-corrected chi connectivity index (χ3v) is 7.69. The first-order valence-corrected chi connectivity index (χ1v) is 13.3. The highest BCUT2D eigenvalue weighted by molar-refractivity contribution is 6.15. The van der Waals surface area contributed by atoms with Crippen LogP contribution < -0.4 is 11.0 Å². The van der Waals surface area contributed by atoms with E-state index < -0.39 is 6.17 Å². The second-order valence-corrected chi connectivity index (χ2v) is 10.1. The van der Waals surface area contributed by atoms with Crippen LogP contribution in [-0.4, -0.2) is 58.8 Å². The van der Waals surface area contributed by atoms with Crippen molar-refractivity contribution in [2.24, 2.45) is 4.99 Å². The quantitative estimate of drug-likeness (QED) is 0.367. The van der Waals surface area contributed by atoms with Crippen molar-refractivity contribution >= 4 is 22.9 Å². The molecule has 1 atom stereocenters. The summed E-state index contributed by atoms with van der Waals surface area (Å²) in [5.41, 5.74) is 5.66. The van der Waals surface area contributed by atoms with Crippen LogP contribution in [0.5, 0.6) is 0 Å². The van der Waals surface area contributed by atoms with Crippen molar-refractivity contribution in [3.63, 3.8) is 0 Å². The van der Waals surface area contributed by atoms with Crippen molar-refractivity contribution in [3.8, 4) is 5.69 Å². The van der Waals surface area contributed by atoms with Gasteiger partial charge in [0, 0.05) is 42.1 Å². The van der Waals surface area contributed by atoms with Crippen molar-refractivity contribution in [1.82, 2.24) is 39.3 Å². The molecule has 5 heterocycles. The van der Waals surface area contributed by atoms with Crippen LogP contribution in [-0.2, 0) is 0 Å². The van der Waals surface area contributed by atoms with Crippen LogP contribution in [0.2, 0.25) is 0 Å². The van der Waals surface area contributed by atoms with Gasteiger partial charge in [-0.15, -0.1) is 0 Å². The number of H-pyrrole nitrogens is 1. The molecule has 11 nitrogen and oxygen atoms in total. The summed E-state index contributed by atoms with van der Waals surface area (Å²) < 4.78 is 3.78. The first-order valence-electron chi connectivity index (χ1n) is 13.3. The molecule has 0 radical (unpaired) electrons. The largest absolute Gasteiger partial charge is 0.327 e. The number of fused-ring (bicyclic) bond motifs is 4. The molecule has 3 aromatic heterocycles. The van der Waals surface area contributed by atoms with Crippen molar-refractivity contribution in [3.05, 3.63) is 106 Å². The van der Waals surface area contributed by atoms with Crippen LogP contribution in [0.15, 0.2) is 83.1 Å². The molecule has 1 fully saturated rings. The standard InChI is InChI=1S/C29H27N9O2/c1-18-15-31-27-26(33-24(19-7-3-2-4-8-19)21-9-5-6-10-22(21)37(18)27)35-28(39)36-13-11-20(12-14-36)38-23-16-30-17-32-25(23)34-29(38)40/h2-10,15-17,20,26H,11-14H2,1H3,(H,35,39)(H,30,32,34,40). The molecular formula is C29H27N9O2.